The lowest BCUT2D eigenvalue weighted by Crippen LogP contribution is -2.50. The summed E-state index contributed by atoms with van der Waals surface area (Å²) in [6, 6.07) is 15.3. The number of aryl methyl sites for hydroxylation is 1. The van der Waals surface area contributed by atoms with Crippen LogP contribution < -0.4 is 28.6 Å². The van der Waals surface area contributed by atoms with Crippen molar-refractivity contribution in [2.45, 2.75) is 31.3 Å². The Morgan fingerprint density at radius 1 is 0.857 bits per heavy atom. The van der Waals surface area contributed by atoms with Gasteiger partial charge in [-0.2, -0.15) is 0 Å². The van der Waals surface area contributed by atoms with E-state index in [0.29, 0.717) is 11.5 Å². The minimum atomic E-state index is -4.42. The van der Waals surface area contributed by atoms with Crippen LogP contribution in [0.3, 0.4) is 0 Å². The third-order valence-corrected chi connectivity index (χ3v) is 8.65. The molecule has 0 aliphatic rings. The normalized spacial score (nSPS) is 11.7. The second kappa shape index (κ2) is 13.9. The standard InChI is InChI=1S/C30H37N3O8S/c1-20-10-8-9-11-22(20)18-32(21(2)30(35)31-3)29(34)19-33(25-16-23(38-4)12-14-26(25)39-5)42(36,37)24-13-15-27(40-6)28(17-24)41-7/h8-17,21H,18-19H2,1-7H3,(H,31,35). The quantitative estimate of drug-likeness (QED) is 0.317. The molecule has 2 amide bonds. The number of nitrogens with zero attached hydrogens (tertiary/aromatic N) is 2. The monoisotopic (exact) mass is 599 g/mol. The van der Waals surface area contributed by atoms with E-state index in [1.807, 2.05) is 31.2 Å². The first kappa shape index (κ1) is 32.1. The van der Waals surface area contributed by atoms with Crippen LogP contribution in [-0.2, 0) is 26.2 Å². The molecule has 0 spiro atoms. The van der Waals surface area contributed by atoms with Gasteiger partial charge in [0, 0.05) is 25.7 Å². The minimum absolute atomic E-state index is 0.0726. The fourth-order valence-corrected chi connectivity index (χ4v) is 5.80. The highest BCUT2D eigenvalue weighted by Gasteiger charge is 2.34. The molecule has 0 aliphatic carbocycles. The summed E-state index contributed by atoms with van der Waals surface area (Å²) in [6.45, 7) is 2.93. The third-order valence-electron chi connectivity index (χ3n) is 6.89. The summed E-state index contributed by atoms with van der Waals surface area (Å²) in [5.41, 5.74) is 1.81. The molecule has 0 heterocycles. The second-order valence-electron chi connectivity index (χ2n) is 9.30. The zero-order valence-corrected chi connectivity index (χ0v) is 25.7. The molecule has 12 heteroatoms. The topological polar surface area (TPSA) is 124 Å². The summed E-state index contributed by atoms with van der Waals surface area (Å²) >= 11 is 0. The first-order valence-electron chi connectivity index (χ1n) is 13.0. The Balaban J connectivity index is 2.18. The summed E-state index contributed by atoms with van der Waals surface area (Å²) in [4.78, 5) is 28.0. The molecule has 3 aromatic rings. The summed E-state index contributed by atoms with van der Waals surface area (Å²) in [6.07, 6.45) is 0. The van der Waals surface area contributed by atoms with Gasteiger partial charge in [-0.05, 0) is 49.2 Å². The molecule has 1 N–H and O–H groups in total. The van der Waals surface area contributed by atoms with E-state index in [1.54, 1.807) is 19.1 Å². The van der Waals surface area contributed by atoms with Crippen molar-refractivity contribution in [2.75, 3.05) is 46.3 Å². The number of likely N-dealkylation sites (N-methyl/N-ethyl adjacent to an activating group) is 1. The third kappa shape index (κ3) is 6.88. The Hall–Kier alpha value is -4.45. The number of nitrogens with one attached hydrogen (secondary N) is 1. The van der Waals surface area contributed by atoms with Crippen LogP contribution in [0.2, 0.25) is 0 Å². The molecule has 0 saturated heterocycles. The molecule has 11 nitrogen and oxygen atoms in total. The average molecular weight is 600 g/mol. The van der Waals surface area contributed by atoms with Crippen molar-refractivity contribution >= 4 is 27.5 Å². The predicted molar refractivity (Wildman–Crippen MR) is 159 cm³/mol. The van der Waals surface area contributed by atoms with Crippen LogP contribution in [0.25, 0.3) is 0 Å². The number of sulfonamides is 1. The number of amides is 2. The molecule has 3 aromatic carbocycles. The summed E-state index contributed by atoms with van der Waals surface area (Å²) < 4.78 is 51.0. The first-order valence-corrected chi connectivity index (χ1v) is 14.5. The number of carbonyl (C=O) groups excluding carboxylic acids is 2. The maximum absolute atomic E-state index is 14.3. The molecule has 0 bridgehead atoms. The average Bonchev–Trinajstić information content (AvgIpc) is 3.01. The van der Waals surface area contributed by atoms with Gasteiger partial charge in [0.25, 0.3) is 10.0 Å². The van der Waals surface area contributed by atoms with Crippen LogP contribution in [0.1, 0.15) is 18.1 Å². The molecule has 1 unspecified atom stereocenters. The number of rotatable bonds is 13. The molecule has 0 aliphatic heterocycles. The number of methoxy groups -OCH3 is 4. The van der Waals surface area contributed by atoms with Crippen molar-refractivity contribution in [3.05, 3.63) is 71.8 Å². The van der Waals surface area contributed by atoms with Gasteiger partial charge >= 0.3 is 0 Å². The van der Waals surface area contributed by atoms with E-state index < -0.39 is 34.4 Å². The van der Waals surface area contributed by atoms with Crippen molar-refractivity contribution in [3.63, 3.8) is 0 Å². The van der Waals surface area contributed by atoms with Gasteiger partial charge in [0.15, 0.2) is 11.5 Å². The van der Waals surface area contributed by atoms with Gasteiger partial charge in [-0.25, -0.2) is 8.42 Å². The molecule has 0 fully saturated rings. The molecule has 1 atom stereocenters. The number of benzene rings is 3. The minimum Gasteiger partial charge on any atom is -0.497 e. The number of hydrogen-bond acceptors (Lipinski definition) is 8. The van der Waals surface area contributed by atoms with Crippen molar-refractivity contribution in [1.29, 1.82) is 0 Å². The SMILES string of the molecule is CNC(=O)C(C)N(Cc1ccccc1C)C(=O)CN(c1cc(OC)ccc1OC)S(=O)(=O)c1ccc(OC)c(OC)c1. The maximum Gasteiger partial charge on any atom is 0.265 e. The van der Waals surface area contributed by atoms with Crippen molar-refractivity contribution in [2.24, 2.45) is 0 Å². The maximum atomic E-state index is 14.3. The van der Waals surface area contributed by atoms with Gasteiger partial charge in [-0.1, -0.05) is 24.3 Å². The largest absolute Gasteiger partial charge is 0.497 e. The van der Waals surface area contributed by atoms with Gasteiger partial charge in [0.05, 0.1) is 39.0 Å². The summed E-state index contributed by atoms with van der Waals surface area (Å²) in [5, 5.41) is 2.57. The highest BCUT2D eigenvalue weighted by molar-refractivity contribution is 7.92. The Labute approximate surface area is 247 Å². The predicted octanol–water partition coefficient (Wildman–Crippen LogP) is 3.39. The zero-order valence-electron chi connectivity index (χ0n) is 24.8. The summed E-state index contributed by atoms with van der Waals surface area (Å²) in [5.74, 6) is 0.0610. The van der Waals surface area contributed by atoms with Crippen molar-refractivity contribution < 1.29 is 37.0 Å². The van der Waals surface area contributed by atoms with Gasteiger partial charge in [-0.15, -0.1) is 0 Å². The second-order valence-corrected chi connectivity index (χ2v) is 11.2. The molecular formula is C30H37N3O8S. The van der Waals surface area contributed by atoms with Gasteiger partial charge in [-0.3, -0.25) is 13.9 Å². The van der Waals surface area contributed by atoms with Gasteiger partial charge in [0.2, 0.25) is 11.8 Å². The first-order chi connectivity index (χ1) is 20.0. The van der Waals surface area contributed by atoms with E-state index in [-0.39, 0.29) is 28.6 Å². The number of carbonyl (C=O) groups is 2. The lowest BCUT2D eigenvalue weighted by Gasteiger charge is -2.32. The van der Waals surface area contributed by atoms with Crippen molar-refractivity contribution in [3.8, 4) is 23.0 Å². The fraction of sp³-hybridized carbons (Fsp3) is 0.333. The highest BCUT2D eigenvalue weighted by atomic mass is 32.2. The van der Waals surface area contributed by atoms with E-state index in [9.17, 15) is 18.0 Å². The van der Waals surface area contributed by atoms with Gasteiger partial charge < -0.3 is 29.2 Å². The smallest absolute Gasteiger partial charge is 0.265 e. The van der Waals surface area contributed by atoms with E-state index in [4.69, 9.17) is 18.9 Å². The lowest BCUT2D eigenvalue weighted by molar-refractivity contribution is -0.139. The van der Waals surface area contributed by atoms with E-state index in [0.717, 1.165) is 15.4 Å². The number of anilines is 1. The summed E-state index contributed by atoms with van der Waals surface area (Å²) in [7, 11) is 2.73. The Bertz CT molecular complexity index is 1530. The van der Waals surface area contributed by atoms with E-state index >= 15 is 0 Å². The molecule has 0 aromatic heterocycles. The van der Waals surface area contributed by atoms with Gasteiger partial charge in [0.1, 0.15) is 24.1 Å². The molecule has 0 radical (unpaired) electrons. The molecule has 42 heavy (non-hydrogen) atoms. The lowest BCUT2D eigenvalue weighted by atomic mass is 10.1. The number of hydrogen-bond donors (Lipinski definition) is 1. The Morgan fingerprint density at radius 3 is 2.10 bits per heavy atom. The molecule has 3 rings (SSSR count). The Kier molecular flexibility index (Phi) is 10.6. The molecule has 226 valence electrons. The van der Waals surface area contributed by atoms with Crippen LogP contribution in [0.4, 0.5) is 5.69 Å². The Morgan fingerprint density at radius 2 is 1.50 bits per heavy atom. The molecule has 0 saturated carbocycles. The van der Waals surface area contributed by atoms with Crippen LogP contribution in [0, 0.1) is 6.92 Å². The van der Waals surface area contributed by atoms with Crippen molar-refractivity contribution in [1.82, 2.24) is 10.2 Å². The van der Waals surface area contributed by atoms with E-state index in [1.165, 1.54) is 64.7 Å². The van der Waals surface area contributed by atoms with Crippen LogP contribution in [0.5, 0.6) is 23.0 Å². The van der Waals surface area contributed by atoms with Crippen LogP contribution >= 0.6 is 0 Å². The zero-order chi connectivity index (χ0) is 31.0. The fourth-order valence-electron chi connectivity index (χ4n) is 4.37. The highest BCUT2D eigenvalue weighted by Crippen LogP contribution is 2.37. The van der Waals surface area contributed by atoms with Crippen LogP contribution in [0.15, 0.2) is 65.6 Å². The molecular weight excluding hydrogens is 562 g/mol. The van der Waals surface area contributed by atoms with Crippen LogP contribution in [-0.4, -0.2) is 73.2 Å². The number of ether oxygens (including phenoxy) is 4. The van der Waals surface area contributed by atoms with E-state index in [2.05, 4.69) is 5.32 Å².